The van der Waals surface area contributed by atoms with Gasteiger partial charge in [-0.25, -0.2) is 0 Å². The zero-order valence-electron chi connectivity index (χ0n) is 11.2. The van der Waals surface area contributed by atoms with Gasteiger partial charge in [-0.05, 0) is 13.3 Å². The Morgan fingerprint density at radius 1 is 1.65 bits per heavy atom. The number of carbonyl (C=O) groups is 1. The fourth-order valence-electron chi connectivity index (χ4n) is 1.94. The van der Waals surface area contributed by atoms with E-state index in [9.17, 15) is 4.79 Å². The van der Waals surface area contributed by atoms with Gasteiger partial charge in [-0.1, -0.05) is 26.0 Å². The third-order valence-electron chi connectivity index (χ3n) is 2.69. The van der Waals surface area contributed by atoms with Crippen molar-refractivity contribution in [3.63, 3.8) is 0 Å². The Hall–Kier alpha value is -0.870. The van der Waals surface area contributed by atoms with Crippen LogP contribution in [0.15, 0.2) is 12.2 Å². The van der Waals surface area contributed by atoms with Crippen LogP contribution < -0.4 is 5.32 Å². The number of nitrogens with one attached hydrogen (secondary N) is 1. The maximum Gasteiger partial charge on any atom is 0.239 e. The molecule has 1 heterocycles. The van der Waals surface area contributed by atoms with E-state index >= 15 is 0 Å². The summed E-state index contributed by atoms with van der Waals surface area (Å²) in [5, 5.41) is 3.28. The minimum absolute atomic E-state index is 0.00357. The second kappa shape index (κ2) is 6.77. The molecule has 1 unspecified atom stereocenters. The quantitative estimate of drug-likeness (QED) is 0.536. The molecule has 17 heavy (non-hydrogen) atoms. The Balaban J connectivity index is 2.23. The molecule has 1 atom stereocenters. The highest BCUT2D eigenvalue weighted by atomic mass is 16.5. The summed E-state index contributed by atoms with van der Waals surface area (Å²) in [5.41, 5.74) is 1.01. The lowest BCUT2D eigenvalue weighted by Crippen LogP contribution is -2.42. The van der Waals surface area contributed by atoms with Crippen LogP contribution in [0.2, 0.25) is 0 Å². The topological polar surface area (TPSA) is 41.6 Å². The summed E-state index contributed by atoms with van der Waals surface area (Å²) < 4.78 is 5.41. The summed E-state index contributed by atoms with van der Waals surface area (Å²) in [6, 6.07) is 0.347. The van der Waals surface area contributed by atoms with Crippen LogP contribution in [0.1, 0.15) is 27.2 Å². The van der Waals surface area contributed by atoms with Gasteiger partial charge >= 0.3 is 0 Å². The summed E-state index contributed by atoms with van der Waals surface area (Å²) in [5.74, 6) is 0.206. The van der Waals surface area contributed by atoms with Gasteiger partial charge in [0.15, 0.2) is 0 Å². The third-order valence-corrected chi connectivity index (χ3v) is 2.69. The van der Waals surface area contributed by atoms with Gasteiger partial charge in [0.1, 0.15) is 0 Å². The largest absolute Gasteiger partial charge is 0.375 e. The molecular formula is C13H24N2O2. The van der Waals surface area contributed by atoms with Crippen molar-refractivity contribution in [1.29, 1.82) is 0 Å². The average molecular weight is 240 g/mol. The molecule has 0 aliphatic carbocycles. The second-order valence-electron chi connectivity index (χ2n) is 5.00. The molecule has 0 aromatic rings. The van der Waals surface area contributed by atoms with Crippen LogP contribution in [0.3, 0.4) is 0 Å². The van der Waals surface area contributed by atoms with E-state index in [2.05, 4.69) is 25.7 Å². The number of carbonyl (C=O) groups excluding carboxylic acids is 1. The molecule has 0 spiro atoms. The number of likely N-dealkylation sites (tertiary alicyclic amines) is 1. The summed E-state index contributed by atoms with van der Waals surface area (Å²) in [6.07, 6.45) is 0.900. The van der Waals surface area contributed by atoms with E-state index in [1.165, 1.54) is 0 Å². The van der Waals surface area contributed by atoms with Gasteiger partial charge in [0, 0.05) is 19.1 Å². The standard InChI is InChI=1S/C13H24N2O2/c1-10(2)9-17-8-7-15-6-5-12(13(15)16)14-11(3)4/h11-12,14H,1,5-9H2,2-4H3. The predicted molar refractivity (Wildman–Crippen MR) is 68.9 cm³/mol. The van der Waals surface area contributed by atoms with Crippen LogP contribution in [0.5, 0.6) is 0 Å². The molecule has 98 valence electrons. The minimum atomic E-state index is -0.00357. The van der Waals surface area contributed by atoms with Crippen molar-refractivity contribution in [3.8, 4) is 0 Å². The molecule has 4 heteroatoms. The second-order valence-corrected chi connectivity index (χ2v) is 5.00. The van der Waals surface area contributed by atoms with E-state index in [1.54, 1.807) is 0 Å². The molecule has 1 fully saturated rings. The van der Waals surface area contributed by atoms with Gasteiger partial charge in [0.05, 0.1) is 19.3 Å². The Morgan fingerprint density at radius 3 is 2.94 bits per heavy atom. The van der Waals surface area contributed by atoms with Crippen molar-refractivity contribution < 1.29 is 9.53 Å². The normalized spacial score (nSPS) is 20.4. The molecule has 1 aliphatic heterocycles. The van der Waals surface area contributed by atoms with Crippen LogP contribution in [0.25, 0.3) is 0 Å². The molecule has 1 rings (SSSR count). The molecular weight excluding hydrogens is 216 g/mol. The lowest BCUT2D eigenvalue weighted by atomic mass is 10.2. The van der Waals surface area contributed by atoms with Crippen molar-refractivity contribution in [2.24, 2.45) is 0 Å². The Bertz CT molecular complexity index is 277. The SMILES string of the molecule is C=C(C)COCCN1CCC(NC(C)C)C1=O. The van der Waals surface area contributed by atoms with E-state index in [0.717, 1.165) is 18.5 Å². The highest BCUT2D eigenvalue weighted by molar-refractivity contribution is 5.84. The number of amides is 1. The Labute approximate surface area is 104 Å². The van der Waals surface area contributed by atoms with E-state index in [0.29, 0.717) is 25.8 Å². The molecule has 1 N–H and O–H groups in total. The number of hydrogen-bond donors (Lipinski definition) is 1. The zero-order valence-corrected chi connectivity index (χ0v) is 11.2. The first-order valence-corrected chi connectivity index (χ1v) is 6.27. The van der Waals surface area contributed by atoms with Crippen LogP contribution in [-0.4, -0.2) is 49.2 Å². The van der Waals surface area contributed by atoms with Crippen LogP contribution in [0, 0.1) is 0 Å². The average Bonchev–Trinajstić information content (AvgIpc) is 2.55. The number of hydrogen-bond acceptors (Lipinski definition) is 3. The van der Waals surface area contributed by atoms with Crippen molar-refractivity contribution in [1.82, 2.24) is 10.2 Å². The first-order valence-electron chi connectivity index (χ1n) is 6.27. The summed E-state index contributed by atoms with van der Waals surface area (Å²) in [7, 11) is 0. The molecule has 0 saturated carbocycles. The number of nitrogens with zero attached hydrogens (tertiary/aromatic N) is 1. The predicted octanol–water partition coefficient (Wildman–Crippen LogP) is 1.18. The monoisotopic (exact) mass is 240 g/mol. The summed E-state index contributed by atoms with van der Waals surface area (Å²) >= 11 is 0. The van der Waals surface area contributed by atoms with Gasteiger partial charge in [-0.3, -0.25) is 4.79 Å². The number of ether oxygens (including phenoxy) is 1. The lowest BCUT2D eigenvalue weighted by molar-refractivity contribution is -0.130. The molecule has 0 aromatic heterocycles. The van der Waals surface area contributed by atoms with Gasteiger partial charge in [0.2, 0.25) is 5.91 Å². The van der Waals surface area contributed by atoms with Crippen LogP contribution in [0.4, 0.5) is 0 Å². The fraction of sp³-hybridized carbons (Fsp3) is 0.769. The van der Waals surface area contributed by atoms with E-state index in [4.69, 9.17) is 4.74 Å². The Morgan fingerprint density at radius 2 is 2.35 bits per heavy atom. The highest BCUT2D eigenvalue weighted by Gasteiger charge is 2.31. The van der Waals surface area contributed by atoms with E-state index in [-0.39, 0.29) is 11.9 Å². The molecule has 1 saturated heterocycles. The lowest BCUT2D eigenvalue weighted by Gasteiger charge is -2.18. The van der Waals surface area contributed by atoms with Gasteiger partial charge in [-0.15, -0.1) is 0 Å². The molecule has 4 nitrogen and oxygen atoms in total. The van der Waals surface area contributed by atoms with E-state index in [1.807, 2.05) is 11.8 Å². The summed E-state index contributed by atoms with van der Waals surface area (Å²) in [6.45, 7) is 12.5. The smallest absolute Gasteiger partial charge is 0.239 e. The highest BCUT2D eigenvalue weighted by Crippen LogP contribution is 2.11. The molecule has 0 aromatic carbocycles. The molecule has 0 radical (unpaired) electrons. The fourth-order valence-corrected chi connectivity index (χ4v) is 1.94. The van der Waals surface area contributed by atoms with Crippen molar-refractivity contribution in [2.45, 2.75) is 39.3 Å². The minimum Gasteiger partial charge on any atom is -0.375 e. The van der Waals surface area contributed by atoms with Crippen LogP contribution >= 0.6 is 0 Å². The van der Waals surface area contributed by atoms with Gasteiger partial charge < -0.3 is 15.0 Å². The first kappa shape index (κ1) is 14.2. The molecule has 1 aliphatic rings. The first-order chi connectivity index (χ1) is 8.00. The van der Waals surface area contributed by atoms with Crippen molar-refractivity contribution >= 4 is 5.91 Å². The molecule has 0 bridgehead atoms. The van der Waals surface area contributed by atoms with Gasteiger partial charge in [0.25, 0.3) is 0 Å². The van der Waals surface area contributed by atoms with Crippen molar-refractivity contribution in [3.05, 3.63) is 12.2 Å². The Kier molecular flexibility index (Phi) is 5.65. The van der Waals surface area contributed by atoms with Crippen LogP contribution in [-0.2, 0) is 9.53 Å². The zero-order chi connectivity index (χ0) is 12.8. The number of rotatable bonds is 7. The maximum atomic E-state index is 12.0. The van der Waals surface area contributed by atoms with Crippen molar-refractivity contribution in [2.75, 3.05) is 26.3 Å². The molecule has 1 amide bonds. The van der Waals surface area contributed by atoms with E-state index < -0.39 is 0 Å². The summed E-state index contributed by atoms with van der Waals surface area (Å²) in [4.78, 5) is 13.8. The third kappa shape index (κ3) is 4.88. The van der Waals surface area contributed by atoms with Gasteiger partial charge in [-0.2, -0.15) is 0 Å². The maximum absolute atomic E-state index is 12.0.